The van der Waals surface area contributed by atoms with Crippen molar-refractivity contribution in [3.05, 3.63) is 9.84 Å². The molecule has 0 unspecified atom stereocenters. The summed E-state index contributed by atoms with van der Waals surface area (Å²) in [6.45, 7) is 0. The second kappa shape index (κ2) is 3.71. The van der Waals surface area contributed by atoms with E-state index in [0.717, 1.165) is 0 Å². The van der Waals surface area contributed by atoms with Crippen LogP contribution in [0, 0.1) is 0 Å². The molecule has 0 rings (SSSR count). The van der Waals surface area contributed by atoms with Gasteiger partial charge in [0.15, 0.2) is 0 Å². The molecule has 0 atom stereocenters. The molecule has 0 aromatic rings. The molecule has 0 fully saturated rings. The van der Waals surface area contributed by atoms with E-state index in [2.05, 4.69) is 4.74 Å². The lowest BCUT2D eigenvalue weighted by atomic mass is 10.6. The molecule has 0 saturated carbocycles. The first-order chi connectivity index (χ1) is 3.68. The Bertz CT molecular complexity index is 118. The van der Waals surface area contributed by atoms with Gasteiger partial charge in [0.1, 0.15) is 9.84 Å². The van der Waals surface area contributed by atoms with Gasteiger partial charge in [-0.1, -0.05) is 0 Å². The maximum absolute atomic E-state index is 9.93. The fourth-order valence-corrected chi connectivity index (χ4v) is 0.408. The zero-order valence-electron chi connectivity index (χ0n) is 4.22. The van der Waals surface area contributed by atoms with Gasteiger partial charge in [-0.05, 0) is 22.6 Å². The molecule has 1 N–H and O–H groups in total. The first kappa shape index (κ1) is 7.74. The van der Waals surface area contributed by atoms with Crippen LogP contribution in [0.5, 0.6) is 0 Å². The minimum atomic E-state index is -0.965. The molecule has 0 aromatic heterocycles. The van der Waals surface area contributed by atoms with Gasteiger partial charge in [0.25, 0.3) is 0 Å². The summed E-state index contributed by atoms with van der Waals surface area (Å²) in [5, 5.41) is 8.16. The van der Waals surface area contributed by atoms with E-state index < -0.39 is 5.97 Å². The van der Waals surface area contributed by atoms with Crippen molar-refractivity contribution in [3.63, 3.8) is 0 Å². The number of methoxy groups -OCH3 is 1. The lowest BCUT2D eigenvalue weighted by molar-refractivity contribution is -0.131. The molecule has 3 nitrogen and oxygen atoms in total. The van der Waals surface area contributed by atoms with Crippen LogP contribution in [0.15, 0.2) is 9.84 Å². The van der Waals surface area contributed by atoms with Crippen LogP contribution >= 0.6 is 22.6 Å². The number of hydrogen-bond acceptors (Lipinski definition) is 2. The summed E-state index contributed by atoms with van der Waals surface area (Å²) in [5.74, 6) is -0.965. The molecule has 0 saturated heterocycles. The van der Waals surface area contributed by atoms with Crippen molar-refractivity contribution in [1.82, 2.24) is 0 Å². The molecule has 0 aliphatic carbocycles. The smallest absolute Gasteiger partial charge is 0.345 e. The normalized spacial score (nSPS) is 11.0. The molecule has 46 valence electrons. The zero-order chi connectivity index (χ0) is 6.57. The minimum absolute atomic E-state index is 0.171. The SMILES string of the molecule is COC=C(I)C(=O)O. The predicted molar refractivity (Wildman–Crippen MR) is 36.7 cm³/mol. The largest absolute Gasteiger partial charge is 0.503 e. The zero-order valence-corrected chi connectivity index (χ0v) is 6.38. The predicted octanol–water partition coefficient (Wildman–Crippen LogP) is 0.994. The van der Waals surface area contributed by atoms with Crippen LogP contribution in [0.3, 0.4) is 0 Å². The molecule has 0 aliphatic heterocycles. The summed E-state index contributed by atoms with van der Waals surface area (Å²) in [6.07, 6.45) is 1.17. The number of carbonyl (C=O) groups is 1. The van der Waals surface area contributed by atoms with Crippen molar-refractivity contribution in [2.45, 2.75) is 0 Å². The van der Waals surface area contributed by atoms with Gasteiger partial charge in [-0.2, -0.15) is 0 Å². The topological polar surface area (TPSA) is 46.5 Å². The van der Waals surface area contributed by atoms with E-state index in [9.17, 15) is 4.79 Å². The van der Waals surface area contributed by atoms with Crippen molar-refractivity contribution in [3.8, 4) is 0 Å². The fourth-order valence-electron chi connectivity index (χ4n) is 0.154. The lowest BCUT2D eigenvalue weighted by Crippen LogP contribution is -1.92. The summed E-state index contributed by atoms with van der Waals surface area (Å²) < 4.78 is 4.59. The number of hydrogen-bond donors (Lipinski definition) is 1. The summed E-state index contributed by atoms with van der Waals surface area (Å²) in [7, 11) is 1.40. The van der Waals surface area contributed by atoms with Gasteiger partial charge in [-0.3, -0.25) is 0 Å². The molecule has 4 heteroatoms. The van der Waals surface area contributed by atoms with Crippen molar-refractivity contribution >= 4 is 28.6 Å². The van der Waals surface area contributed by atoms with Crippen LogP contribution < -0.4 is 0 Å². The Morgan fingerprint density at radius 3 is 2.50 bits per heavy atom. The van der Waals surface area contributed by atoms with Crippen LogP contribution in [-0.2, 0) is 9.53 Å². The minimum Gasteiger partial charge on any atom is -0.503 e. The van der Waals surface area contributed by atoms with Crippen LogP contribution in [-0.4, -0.2) is 18.2 Å². The maximum Gasteiger partial charge on any atom is 0.345 e. The number of halogens is 1. The lowest BCUT2D eigenvalue weighted by Gasteiger charge is -1.87. The van der Waals surface area contributed by atoms with Crippen molar-refractivity contribution in [2.75, 3.05) is 7.11 Å². The van der Waals surface area contributed by atoms with E-state index in [0.29, 0.717) is 0 Å². The van der Waals surface area contributed by atoms with Gasteiger partial charge < -0.3 is 9.84 Å². The summed E-state index contributed by atoms with van der Waals surface area (Å²) >= 11 is 1.67. The summed E-state index contributed by atoms with van der Waals surface area (Å²) in [4.78, 5) is 9.93. The van der Waals surface area contributed by atoms with E-state index >= 15 is 0 Å². The number of rotatable bonds is 2. The Morgan fingerprint density at radius 1 is 1.88 bits per heavy atom. The van der Waals surface area contributed by atoms with Crippen molar-refractivity contribution < 1.29 is 14.6 Å². The first-order valence-corrected chi connectivity index (χ1v) is 2.88. The monoisotopic (exact) mass is 228 g/mol. The Kier molecular flexibility index (Phi) is 3.59. The highest BCUT2D eigenvalue weighted by molar-refractivity contribution is 14.1. The quantitative estimate of drug-likeness (QED) is 0.435. The highest BCUT2D eigenvalue weighted by Crippen LogP contribution is 2.03. The Hall–Kier alpha value is -0.260. The van der Waals surface area contributed by atoms with E-state index in [1.54, 1.807) is 22.6 Å². The second-order valence-corrected chi connectivity index (χ2v) is 2.17. The molecule has 0 bridgehead atoms. The van der Waals surface area contributed by atoms with E-state index in [1.807, 2.05) is 0 Å². The molecular weight excluding hydrogens is 223 g/mol. The van der Waals surface area contributed by atoms with Gasteiger partial charge in [0.05, 0.1) is 7.11 Å². The number of aliphatic carboxylic acids is 1. The summed E-state index contributed by atoms with van der Waals surface area (Å²) in [6, 6.07) is 0. The van der Waals surface area contributed by atoms with E-state index in [4.69, 9.17) is 5.11 Å². The molecule has 0 spiro atoms. The van der Waals surface area contributed by atoms with E-state index in [-0.39, 0.29) is 3.58 Å². The number of carboxylic acids is 1. The Labute approximate surface area is 60.5 Å². The molecule has 0 heterocycles. The van der Waals surface area contributed by atoms with Crippen LogP contribution in [0.4, 0.5) is 0 Å². The Balaban J connectivity index is 3.80. The van der Waals surface area contributed by atoms with Crippen molar-refractivity contribution in [1.29, 1.82) is 0 Å². The van der Waals surface area contributed by atoms with Crippen LogP contribution in [0.1, 0.15) is 0 Å². The highest BCUT2D eigenvalue weighted by Gasteiger charge is 1.99. The average molecular weight is 228 g/mol. The van der Waals surface area contributed by atoms with E-state index in [1.165, 1.54) is 13.4 Å². The van der Waals surface area contributed by atoms with Crippen LogP contribution in [0.2, 0.25) is 0 Å². The average Bonchev–Trinajstić information content (AvgIpc) is 1.67. The standard InChI is InChI=1S/C4H5IO3/c1-8-2-3(5)4(6)7/h2H,1H3,(H,6,7). The molecule has 0 aliphatic rings. The van der Waals surface area contributed by atoms with Gasteiger partial charge >= 0.3 is 5.97 Å². The van der Waals surface area contributed by atoms with Gasteiger partial charge in [-0.25, -0.2) is 4.79 Å². The third kappa shape index (κ3) is 2.84. The Morgan fingerprint density at radius 2 is 2.38 bits per heavy atom. The molecular formula is C4H5IO3. The third-order valence-corrected chi connectivity index (χ3v) is 1.14. The van der Waals surface area contributed by atoms with Crippen molar-refractivity contribution in [2.24, 2.45) is 0 Å². The molecule has 0 radical (unpaired) electrons. The summed E-state index contributed by atoms with van der Waals surface area (Å²) in [5.41, 5.74) is 0. The molecule has 8 heavy (non-hydrogen) atoms. The second-order valence-electron chi connectivity index (χ2n) is 1.01. The van der Waals surface area contributed by atoms with Crippen LogP contribution in [0.25, 0.3) is 0 Å². The molecule has 0 aromatic carbocycles. The van der Waals surface area contributed by atoms with Gasteiger partial charge in [-0.15, -0.1) is 0 Å². The third-order valence-electron chi connectivity index (χ3n) is 0.426. The maximum atomic E-state index is 9.93. The fraction of sp³-hybridized carbons (Fsp3) is 0.250. The molecule has 0 amide bonds. The first-order valence-electron chi connectivity index (χ1n) is 1.80. The number of ether oxygens (including phenoxy) is 1. The number of carboxylic acid groups (broad SMARTS) is 1. The van der Waals surface area contributed by atoms with Gasteiger partial charge in [0.2, 0.25) is 0 Å². The van der Waals surface area contributed by atoms with Gasteiger partial charge in [0, 0.05) is 0 Å². The highest BCUT2D eigenvalue weighted by atomic mass is 127.